The van der Waals surface area contributed by atoms with Crippen molar-refractivity contribution in [2.45, 2.75) is 30.7 Å². The largest absolute Gasteiger partial charge is 0.496 e. The summed E-state index contributed by atoms with van der Waals surface area (Å²) in [7, 11) is 3.06. The van der Waals surface area contributed by atoms with E-state index in [1.54, 1.807) is 13.2 Å². The van der Waals surface area contributed by atoms with Gasteiger partial charge in [0.25, 0.3) is 5.56 Å². The minimum atomic E-state index is -0.731. The van der Waals surface area contributed by atoms with Gasteiger partial charge in [0.05, 0.1) is 31.4 Å². The van der Waals surface area contributed by atoms with Crippen molar-refractivity contribution in [2.24, 2.45) is 0 Å². The average Bonchev–Trinajstić information content (AvgIpc) is 2.46. The standard InChI is InChI=1S/C16H20BrNO4/c1-16(2,17)12(19)8-10-14(22-4)9-6-5-7-11(21-3)13(9)18-15(10)20/h5-7,12,19H,8H2,1-4H3,(H,18,20). The van der Waals surface area contributed by atoms with Crippen LogP contribution < -0.4 is 15.0 Å². The zero-order chi connectivity index (χ0) is 16.5. The molecule has 1 aromatic heterocycles. The lowest BCUT2D eigenvalue weighted by Crippen LogP contribution is -2.33. The fourth-order valence-corrected chi connectivity index (χ4v) is 2.49. The molecule has 5 nitrogen and oxygen atoms in total. The molecule has 0 bridgehead atoms. The van der Waals surface area contributed by atoms with Gasteiger partial charge >= 0.3 is 0 Å². The van der Waals surface area contributed by atoms with Gasteiger partial charge in [-0.25, -0.2) is 0 Å². The van der Waals surface area contributed by atoms with Crippen molar-refractivity contribution in [3.05, 3.63) is 34.1 Å². The van der Waals surface area contributed by atoms with E-state index >= 15 is 0 Å². The number of halogens is 1. The highest BCUT2D eigenvalue weighted by Gasteiger charge is 2.27. The van der Waals surface area contributed by atoms with Crippen LogP contribution in [0.1, 0.15) is 19.4 Å². The Morgan fingerprint density at radius 2 is 2.00 bits per heavy atom. The number of nitrogens with one attached hydrogen (secondary N) is 1. The van der Waals surface area contributed by atoms with Crippen LogP contribution in [0.4, 0.5) is 0 Å². The van der Waals surface area contributed by atoms with E-state index in [-0.39, 0.29) is 12.0 Å². The van der Waals surface area contributed by atoms with Crippen molar-refractivity contribution in [1.82, 2.24) is 4.98 Å². The number of aromatic nitrogens is 1. The molecule has 2 N–H and O–H groups in total. The number of aliphatic hydroxyl groups is 1. The van der Waals surface area contributed by atoms with Crippen LogP contribution in [0.3, 0.4) is 0 Å². The Labute approximate surface area is 137 Å². The zero-order valence-corrected chi connectivity index (χ0v) is 14.7. The quantitative estimate of drug-likeness (QED) is 0.794. The van der Waals surface area contributed by atoms with E-state index in [0.717, 1.165) is 5.39 Å². The summed E-state index contributed by atoms with van der Waals surface area (Å²) in [5.41, 5.74) is 0.719. The number of benzene rings is 1. The number of aliphatic hydroxyl groups excluding tert-OH is 1. The van der Waals surface area contributed by atoms with Crippen LogP contribution in [0.2, 0.25) is 0 Å². The number of hydrogen-bond acceptors (Lipinski definition) is 4. The summed E-state index contributed by atoms with van der Waals surface area (Å²) >= 11 is 3.42. The first-order valence-corrected chi connectivity index (χ1v) is 7.71. The lowest BCUT2D eigenvalue weighted by molar-refractivity contribution is 0.144. The van der Waals surface area contributed by atoms with Crippen LogP contribution in [0, 0.1) is 0 Å². The van der Waals surface area contributed by atoms with E-state index in [0.29, 0.717) is 22.6 Å². The zero-order valence-electron chi connectivity index (χ0n) is 13.1. The van der Waals surface area contributed by atoms with Crippen LogP contribution in [0.15, 0.2) is 23.0 Å². The summed E-state index contributed by atoms with van der Waals surface area (Å²) in [6.45, 7) is 3.70. The molecule has 0 aliphatic carbocycles. The maximum atomic E-state index is 12.4. The monoisotopic (exact) mass is 369 g/mol. The highest BCUT2D eigenvalue weighted by molar-refractivity contribution is 9.10. The number of H-pyrrole nitrogens is 1. The van der Waals surface area contributed by atoms with Gasteiger partial charge in [-0.15, -0.1) is 0 Å². The predicted molar refractivity (Wildman–Crippen MR) is 90.4 cm³/mol. The van der Waals surface area contributed by atoms with E-state index < -0.39 is 10.4 Å². The Morgan fingerprint density at radius 1 is 1.32 bits per heavy atom. The number of para-hydroxylation sites is 1. The molecule has 120 valence electrons. The summed E-state index contributed by atoms with van der Waals surface area (Å²) in [5, 5.41) is 11.0. The topological polar surface area (TPSA) is 71.5 Å². The third-order valence-corrected chi connectivity index (χ3v) is 4.20. The number of fused-ring (bicyclic) bond motifs is 1. The minimum Gasteiger partial charge on any atom is -0.496 e. The summed E-state index contributed by atoms with van der Waals surface area (Å²) < 4.78 is 10.2. The number of ether oxygens (including phenoxy) is 2. The lowest BCUT2D eigenvalue weighted by Gasteiger charge is -2.24. The predicted octanol–water partition coefficient (Wildman–Crippen LogP) is 2.62. The third kappa shape index (κ3) is 3.13. The molecule has 6 heteroatoms. The third-order valence-electron chi connectivity index (χ3n) is 3.67. The smallest absolute Gasteiger partial charge is 0.255 e. The van der Waals surface area contributed by atoms with Crippen molar-refractivity contribution in [3.8, 4) is 11.5 Å². The van der Waals surface area contributed by atoms with E-state index in [9.17, 15) is 9.90 Å². The highest BCUT2D eigenvalue weighted by Crippen LogP contribution is 2.33. The molecule has 0 aliphatic rings. The van der Waals surface area contributed by atoms with Gasteiger partial charge in [0, 0.05) is 16.1 Å². The molecule has 2 rings (SSSR count). The molecule has 22 heavy (non-hydrogen) atoms. The number of aromatic amines is 1. The van der Waals surface area contributed by atoms with Gasteiger partial charge in [-0.2, -0.15) is 0 Å². The van der Waals surface area contributed by atoms with Gasteiger partial charge in [-0.1, -0.05) is 22.0 Å². The SMILES string of the molecule is COc1c(CC(O)C(C)(C)Br)c(=O)[nH]c2c(OC)cccc12. The van der Waals surface area contributed by atoms with Crippen LogP contribution in [-0.2, 0) is 6.42 Å². The fourth-order valence-electron chi connectivity index (χ4n) is 2.33. The Balaban J connectivity index is 2.66. The Bertz CT molecular complexity index is 733. The van der Waals surface area contributed by atoms with Gasteiger partial charge in [0.2, 0.25) is 0 Å². The van der Waals surface area contributed by atoms with E-state index in [1.807, 2.05) is 26.0 Å². The molecular formula is C16H20BrNO4. The molecule has 0 amide bonds. The van der Waals surface area contributed by atoms with Gasteiger partial charge < -0.3 is 19.6 Å². The summed E-state index contributed by atoms with van der Waals surface area (Å²) in [6, 6.07) is 5.45. The Morgan fingerprint density at radius 3 is 2.55 bits per heavy atom. The van der Waals surface area contributed by atoms with Crippen LogP contribution in [0.5, 0.6) is 11.5 Å². The fraction of sp³-hybridized carbons (Fsp3) is 0.438. The minimum absolute atomic E-state index is 0.184. The number of alkyl halides is 1. The maximum absolute atomic E-state index is 12.4. The molecular weight excluding hydrogens is 350 g/mol. The molecule has 1 unspecified atom stereocenters. The first-order chi connectivity index (χ1) is 10.3. The lowest BCUT2D eigenvalue weighted by atomic mass is 9.98. The number of pyridine rings is 1. The second-order valence-electron chi connectivity index (χ2n) is 5.63. The molecule has 0 spiro atoms. The van der Waals surface area contributed by atoms with Crippen molar-refractivity contribution in [2.75, 3.05) is 14.2 Å². The highest BCUT2D eigenvalue weighted by atomic mass is 79.9. The van der Waals surface area contributed by atoms with Crippen molar-refractivity contribution >= 4 is 26.8 Å². The van der Waals surface area contributed by atoms with Crippen LogP contribution in [0.25, 0.3) is 10.9 Å². The van der Waals surface area contributed by atoms with Crippen LogP contribution in [-0.4, -0.2) is 34.7 Å². The van der Waals surface area contributed by atoms with Crippen molar-refractivity contribution < 1.29 is 14.6 Å². The molecule has 1 aromatic carbocycles. The van der Waals surface area contributed by atoms with Crippen LogP contribution >= 0.6 is 15.9 Å². The first-order valence-electron chi connectivity index (χ1n) is 6.92. The van der Waals surface area contributed by atoms with Crippen molar-refractivity contribution in [1.29, 1.82) is 0 Å². The van der Waals surface area contributed by atoms with Crippen molar-refractivity contribution in [3.63, 3.8) is 0 Å². The second-order valence-corrected chi connectivity index (χ2v) is 7.68. The van der Waals surface area contributed by atoms with Gasteiger partial charge in [0.15, 0.2) is 0 Å². The van der Waals surface area contributed by atoms with E-state index in [4.69, 9.17) is 9.47 Å². The molecule has 0 aliphatic heterocycles. The number of rotatable bonds is 5. The number of hydrogen-bond donors (Lipinski definition) is 2. The summed E-state index contributed by atoms with van der Waals surface area (Å²) in [4.78, 5) is 15.2. The molecule has 2 aromatic rings. The van der Waals surface area contributed by atoms with Gasteiger partial charge in [-0.3, -0.25) is 4.79 Å². The Kier molecular flexibility index (Phi) is 4.82. The second kappa shape index (κ2) is 6.30. The molecule has 0 saturated carbocycles. The average molecular weight is 370 g/mol. The summed E-state index contributed by atoms with van der Waals surface area (Å²) in [6.07, 6.45) is -0.547. The van der Waals surface area contributed by atoms with E-state index in [1.165, 1.54) is 7.11 Å². The normalized spacial score (nSPS) is 13.2. The number of methoxy groups -OCH3 is 2. The summed E-state index contributed by atoms with van der Waals surface area (Å²) in [5.74, 6) is 1.04. The molecule has 0 radical (unpaired) electrons. The molecule has 0 fully saturated rings. The molecule has 1 atom stereocenters. The van der Waals surface area contributed by atoms with E-state index in [2.05, 4.69) is 20.9 Å². The molecule has 1 heterocycles. The van der Waals surface area contributed by atoms with Gasteiger partial charge in [-0.05, 0) is 26.0 Å². The maximum Gasteiger partial charge on any atom is 0.255 e. The van der Waals surface area contributed by atoms with Gasteiger partial charge in [0.1, 0.15) is 11.5 Å². The Hall–Kier alpha value is -1.53. The first kappa shape index (κ1) is 16.8. The molecule has 0 saturated heterocycles.